The first-order valence-electron chi connectivity index (χ1n) is 11.3. The average Bonchev–Trinajstić information content (AvgIpc) is 3.27. The molecule has 1 aliphatic heterocycles. The van der Waals surface area contributed by atoms with E-state index in [9.17, 15) is 14.7 Å². The third kappa shape index (κ3) is 5.66. The first kappa shape index (κ1) is 24.6. The molecule has 2 aromatic carbocycles. The average molecular weight is 456 g/mol. The lowest BCUT2D eigenvalue weighted by Crippen LogP contribution is -2.53. The van der Waals surface area contributed by atoms with Crippen molar-refractivity contribution in [1.29, 1.82) is 0 Å². The summed E-state index contributed by atoms with van der Waals surface area (Å²) in [6, 6.07) is 12.1. The van der Waals surface area contributed by atoms with Crippen LogP contribution in [0.15, 0.2) is 42.5 Å². The molecule has 2 atom stereocenters. The predicted octanol–water partition coefficient (Wildman–Crippen LogP) is 4.08. The Morgan fingerprint density at radius 3 is 2.21 bits per heavy atom. The fourth-order valence-corrected chi connectivity index (χ4v) is 4.46. The van der Waals surface area contributed by atoms with Crippen LogP contribution in [0.25, 0.3) is 11.1 Å². The Labute approximate surface area is 195 Å². The van der Waals surface area contributed by atoms with Crippen molar-refractivity contribution in [1.82, 2.24) is 5.32 Å². The van der Waals surface area contributed by atoms with Gasteiger partial charge in [0, 0.05) is 13.0 Å². The van der Waals surface area contributed by atoms with E-state index in [-0.39, 0.29) is 18.2 Å². The number of carboxylic acid groups (broad SMARTS) is 1. The van der Waals surface area contributed by atoms with Crippen LogP contribution in [0.1, 0.15) is 38.7 Å². The highest BCUT2D eigenvalue weighted by molar-refractivity contribution is 5.89. The largest absolute Gasteiger partial charge is 0.496 e. The van der Waals surface area contributed by atoms with Gasteiger partial charge in [0.25, 0.3) is 5.91 Å². The fraction of sp³-hybridized carbons (Fsp3) is 0.462. The van der Waals surface area contributed by atoms with Crippen molar-refractivity contribution in [2.24, 2.45) is 5.92 Å². The minimum atomic E-state index is -1.07. The van der Waals surface area contributed by atoms with Crippen molar-refractivity contribution >= 4 is 11.9 Å². The zero-order chi connectivity index (χ0) is 24.0. The number of aliphatic carboxylic acids is 1. The van der Waals surface area contributed by atoms with Gasteiger partial charge in [0.2, 0.25) is 0 Å². The summed E-state index contributed by atoms with van der Waals surface area (Å²) in [5.74, 6) is 0.221. The zero-order valence-electron chi connectivity index (χ0n) is 19.7. The van der Waals surface area contributed by atoms with Crippen LogP contribution in [0.4, 0.5) is 0 Å². The second kappa shape index (κ2) is 10.7. The molecule has 1 saturated heterocycles. The van der Waals surface area contributed by atoms with Gasteiger partial charge >= 0.3 is 5.97 Å². The van der Waals surface area contributed by atoms with Crippen molar-refractivity contribution in [3.8, 4) is 22.6 Å². The summed E-state index contributed by atoms with van der Waals surface area (Å²) in [7, 11) is 3.21. The molecule has 0 aliphatic carbocycles. The number of nitrogens with one attached hydrogen (secondary N) is 1. The lowest BCUT2D eigenvalue weighted by atomic mass is 9.88. The van der Waals surface area contributed by atoms with E-state index in [2.05, 4.69) is 5.32 Å². The van der Waals surface area contributed by atoms with Gasteiger partial charge in [-0.15, -0.1) is 0 Å². The number of rotatable bonds is 10. The Kier molecular flexibility index (Phi) is 7.97. The van der Waals surface area contributed by atoms with E-state index in [1.54, 1.807) is 14.2 Å². The Bertz CT molecular complexity index is 941. The topological polar surface area (TPSA) is 94.1 Å². The van der Waals surface area contributed by atoms with E-state index < -0.39 is 17.6 Å². The van der Waals surface area contributed by atoms with Gasteiger partial charge < -0.3 is 24.6 Å². The fourth-order valence-electron chi connectivity index (χ4n) is 4.46. The molecule has 3 rings (SSSR count). The molecular weight excluding hydrogens is 422 g/mol. The molecule has 0 aromatic heterocycles. The highest BCUT2D eigenvalue weighted by Gasteiger charge is 2.44. The molecular formula is C26H33NO6. The van der Waals surface area contributed by atoms with Crippen LogP contribution in [0.3, 0.4) is 0 Å². The standard InChI is InChI=1S/C26H33NO6/c1-17(2)16-26(13-6-14-33-26)25(30)27-20(24(28)29)15-18-9-11-19(12-10-18)23-21(31-3)7-5-8-22(23)32-4/h5,7-12,17,20H,6,13-16H2,1-4H3,(H,27,30)(H,28,29)/t20-,26?/m0/s1. The van der Waals surface area contributed by atoms with Gasteiger partial charge in [-0.3, -0.25) is 4.79 Å². The third-order valence-electron chi connectivity index (χ3n) is 5.97. The quantitative estimate of drug-likeness (QED) is 0.561. The summed E-state index contributed by atoms with van der Waals surface area (Å²) in [5.41, 5.74) is 1.57. The minimum absolute atomic E-state index is 0.169. The monoisotopic (exact) mass is 455 g/mol. The molecule has 1 heterocycles. The van der Waals surface area contributed by atoms with Crippen molar-refractivity contribution in [3.05, 3.63) is 48.0 Å². The molecule has 2 aromatic rings. The highest BCUT2D eigenvalue weighted by atomic mass is 16.5. The van der Waals surface area contributed by atoms with Crippen LogP contribution >= 0.6 is 0 Å². The van der Waals surface area contributed by atoms with E-state index in [0.717, 1.165) is 23.1 Å². The number of benzene rings is 2. The molecule has 0 spiro atoms. The summed E-state index contributed by atoms with van der Waals surface area (Å²) < 4.78 is 16.8. The van der Waals surface area contributed by atoms with Gasteiger partial charge in [-0.05, 0) is 48.4 Å². The maximum absolute atomic E-state index is 13.1. The number of hydrogen-bond donors (Lipinski definition) is 2. The number of carbonyl (C=O) groups excluding carboxylic acids is 1. The molecule has 7 nitrogen and oxygen atoms in total. The first-order chi connectivity index (χ1) is 15.8. The molecule has 0 saturated carbocycles. The van der Waals surface area contributed by atoms with E-state index in [0.29, 0.717) is 30.9 Å². The van der Waals surface area contributed by atoms with Crippen LogP contribution in [-0.2, 0) is 20.7 Å². The number of amides is 1. The molecule has 1 unspecified atom stereocenters. The summed E-state index contributed by atoms with van der Waals surface area (Å²) in [5, 5.41) is 12.5. The Balaban J connectivity index is 1.77. The Morgan fingerprint density at radius 2 is 1.73 bits per heavy atom. The first-order valence-corrected chi connectivity index (χ1v) is 11.3. The highest BCUT2D eigenvalue weighted by Crippen LogP contribution is 2.38. The summed E-state index contributed by atoms with van der Waals surface area (Å²) in [6.07, 6.45) is 2.15. The number of methoxy groups -OCH3 is 2. The van der Waals surface area contributed by atoms with E-state index >= 15 is 0 Å². The van der Waals surface area contributed by atoms with Crippen LogP contribution in [0, 0.1) is 5.92 Å². The van der Waals surface area contributed by atoms with Gasteiger partial charge in [0.15, 0.2) is 0 Å². The van der Waals surface area contributed by atoms with Gasteiger partial charge in [-0.25, -0.2) is 4.79 Å². The van der Waals surface area contributed by atoms with Crippen molar-refractivity contribution in [2.75, 3.05) is 20.8 Å². The molecule has 0 radical (unpaired) electrons. The Hall–Kier alpha value is -3.06. The van der Waals surface area contributed by atoms with E-state index in [1.807, 2.05) is 56.3 Å². The summed E-state index contributed by atoms with van der Waals surface area (Å²) in [4.78, 5) is 25.0. The predicted molar refractivity (Wildman–Crippen MR) is 126 cm³/mol. The smallest absolute Gasteiger partial charge is 0.326 e. The van der Waals surface area contributed by atoms with Gasteiger partial charge in [-0.2, -0.15) is 0 Å². The number of carbonyl (C=O) groups is 2. The molecule has 2 N–H and O–H groups in total. The van der Waals surface area contributed by atoms with Gasteiger partial charge in [-0.1, -0.05) is 44.2 Å². The molecule has 1 aliphatic rings. The Morgan fingerprint density at radius 1 is 1.09 bits per heavy atom. The van der Waals surface area contributed by atoms with Crippen LogP contribution in [0.5, 0.6) is 11.5 Å². The van der Waals surface area contributed by atoms with Crippen LogP contribution in [-0.4, -0.2) is 49.5 Å². The summed E-state index contributed by atoms with van der Waals surface area (Å²) >= 11 is 0. The maximum atomic E-state index is 13.1. The van der Waals surface area contributed by atoms with Gasteiger partial charge in [0.05, 0.1) is 19.8 Å². The molecule has 1 fully saturated rings. The van der Waals surface area contributed by atoms with Gasteiger partial charge in [0.1, 0.15) is 23.1 Å². The number of hydrogen-bond acceptors (Lipinski definition) is 5. The van der Waals surface area contributed by atoms with E-state index in [1.165, 1.54) is 0 Å². The summed E-state index contributed by atoms with van der Waals surface area (Å²) in [6.45, 7) is 4.58. The number of ether oxygens (including phenoxy) is 3. The number of carboxylic acids is 1. The zero-order valence-corrected chi connectivity index (χ0v) is 19.7. The molecule has 1 amide bonds. The van der Waals surface area contributed by atoms with Crippen LogP contribution < -0.4 is 14.8 Å². The van der Waals surface area contributed by atoms with Crippen molar-refractivity contribution < 1.29 is 28.9 Å². The molecule has 7 heteroatoms. The lowest BCUT2D eigenvalue weighted by Gasteiger charge is -2.30. The minimum Gasteiger partial charge on any atom is -0.496 e. The normalized spacial score (nSPS) is 18.7. The maximum Gasteiger partial charge on any atom is 0.326 e. The molecule has 178 valence electrons. The SMILES string of the molecule is COc1cccc(OC)c1-c1ccc(C[C@H](NC(=O)C2(CC(C)C)CCCO2)C(=O)O)cc1. The lowest BCUT2D eigenvalue weighted by molar-refractivity contribution is -0.149. The van der Waals surface area contributed by atoms with Crippen LogP contribution in [0.2, 0.25) is 0 Å². The molecule has 0 bridgehead atoms. The second-order valence-corrected chi connectivity index (χ2v) is 8.85. The van der Waals surface area contributed by atoms with Crippen molar-refractivity contribution in [3.63, 3.8) is 0 Å². The van der Waals surface area contributed by atoms with Crippen molar-refractivity contribution in [2.45, 2.75) is 51.2 Å². The second-order valence-electron chi connectivity index (χ2n) is 8.85. The molecule has 33 heavy (non-hydrogen) atoms. The van der Waals surface area contributed by atoms with E-state index in [4.69, 9.17) is 14.2 Å². The third-order valence-corrected chi connectivity index (χ3v) is 5.97.